The average Bonchev–Trinajstić information content (AvgIpc) is 2.97. The molecule has 0 aliphatic rings. The van der Waals surface area contributed by atoms with Gasteiger partial charge in [-0.25, -0.2) is 0 Å². The van der Waals surface area contributed by atoms with Gasteiger partial charge in [-0.05, 0) is 19.9 Å². The topological polar surface area (TPSA) is 56.0 Å². The van der Waals surface area contributed by atoms with Gasteiger partial charge in [-0.1, -0.05) is 11.6 Å². The summed E-state index contributed by atoms with van der Waals surface area (Å²) in [7, 11) is 1.74. The summed E-state index contributed by atoms with van der Waals surface area (Å²) >= 11 is 6.10. The minimum absolute atomic E-state index is 0.0288. The molecule has 2 aromatic rings. The molecule has 2 heterocycles. The molecule has 0 aliphatic heterocycles. The Labute approximate surface area is 122 Å². The van der Waals surface area contributed by atoms with Gasteiger partial charge in [0.25, 0.3) is 0 Å². The maximum atomic E-state index is 12.1. The molecule has 0 saturated carbocycles. The SMILES string of the molecule is CCn1cc(Cl)c(CN(C)C(=O)Cn2nccc2C)n1. The van der Waals surface area contributed by atoms with Crippen molar-refractivity contribution in [2.24, 2.45) is 0 Å². The number of rotatable bonds is 5. The molecular weight excluding hydrogens is 278 g/mol. The maximum Gasteiger partial charge on any atom is 0.244 e. The minimum atomic E-state index is -0.0288. The summed E-state index contributed by atoms with van der Waals surface area (Å²) in [4.78, 5) is 13.7. The molecule has 0 aromatic carbocycles. The zero-order valence-corrected chi connectivity index (χ0v) is 12.6. The van der Waals surface area contributed by atoms with Gasteiger partial charge in [0.15, 0.2) is 0 Å². The van der Waals surface area contributed by atoms with Gasteiger partial charge < -0.3 is 4.90 Å². The van der Waals surface area contributed by atoms with E-state index in [1.54, 1.807) is 33.7 Å². The Morgan fingerprint density at radius 3 is 2.80 bits per heavy atom. The van der Waals surface area contributed by atoms with Crippen LogP contribution in [0, 0.1) is 6.92 Å². The van der Waals surface area contributed by atoms with Gasteiger partial charge in [0.1, 0.15) is 12.2 Å². The van der Waals surface area contributed by atoms with Crippen LogP contribution < -0.4 is 0 Å². The fraction of sp³-hybridized carbons (Fsp3) is 0.462. The van der Waals surface area contributed by atoms with E-state index in [0.717, 1.165) is 12.2 Å². The monoisotopic (exact) mass is 295 g/mol. The fourth-order valence-electron chi connectivity index (χ4n) is 1.83. The highest BCUT2D eigenvalue weighted by molar-refractivity contribution is 6.31. The van der Waals surface area contributed by atoms with Gasteiger partial charge >= 0.3 is 0 Å². The lowest BCUT2D eigenvalue weighted by molar-refractivity contribution is -0.131. The summed E-state index contributed by atoms with van der Waals surface area (Å²) in [6.45, 7) is 5.28. The second kappa shape index (κ2) is 6.09. The molecule has 0 bridgehead atoms. The quantitative estimate of drug-likeness (QED) is 0.844. The lowest BCUT2D eigenvalue weighted by atomic mass is 10.4. The van der Waals surface area contributed by atoms with Crippen LogP contribution in [0.15, 0.2) is 18.5 Å². The second-order valence-corrected chi connectivity index (χ2v) is 5.07. The number of hydrogen-bond acceptors (Lipinski definition) is 3. The molecule has 0 radical (unpaired) electrons. The highest BCUT2D eigenvalue weighted by Crippen LogP contribution is 2.15. The normalized spacial score (nSPS) is 10.8. The number of hydrogen-bond donors (Lipinski definition) is 0. The molecule has 2 aromatic heterocycles. The predicted octanol–water partition coefficient (Wildman–Crippen LogP) is 1.72. The van der Waals surface area contributed by atoms with E-state index in [1.807, 2.05) is 19.9 Å². The summed E-state index contributed by atoms with van der Waals surface area (Å²) in [5.74, 6) is -0.0288. The Hall–Kier alpha value is -1.82. The van der Waals surface area contributed by atoms with Crippen LogP contribution in [0.2, 0.25) is 5.02 Å². The van der Waals surface area contributed by atoms with Crippen molar-refractivity contribution in [2.75, 3.05) is 7.05 Å². The molecule has 0 aliphatic carbocycles. The third kappa shape index (κ3) is 3.19. The van der Waals surface area contributed by atoms with Crippen LogP contribution in [0.1, 0.15) is 18.3 Å². The molecule has 0 fully saturated rings. The lowest BCUT2D eigenvalue weighted by Gasteiger charge is -2.16. The van der Waals surface area contributed by atoms with E-state index >= 15 is 0 Å². The summed E-state index contributed by atoms with van der Waals surface area (Å²) in [5.41, 5.74) is 1.67. The number of halogens is 1. The summed E-state index contributed by atoms with van der Waals surface area (Å²) in [6.07, 6.45) is 3.45. The van der Waals surface area contributed by atoms with Gasteiger partial charge in [0, 0.05) is 31.7 Å². The molecule has 0 N–H and O–H groups in total. The van der Waals surface area contributed by atoms with Crippen LogP contribution in [0.3, 0.4) is 0 Å². The number of nitrogens with zero attached hydrogens (tertiary/aromatic N) is 5. The Kier molecular flexibility index (Phi) is 4.44. The van der Waals surface area contributed by atoms with Gasteiger partial charge in [-0.2, -0.15) is 10.2 Å². The van der Waals surface area contributed by atoms with E-state index < -0.39 is 0 Å². The standard InChI is InChI=1S/C13H18ClN5O/c1-4-18-7-11(14)12(16-18)8-17(3)13(20)9-19-10(2)5-6-15-19/h5-7H,4,8-9H2,1-3H3. The van der Waals surface area contributed by atoms with E-state index in [0.29, 0.717) is 17.3 Å². The zero-order valence-electron chi connectivity index (χ0n) is 11.9. The smallest absolute Gasteiger partial charge is 0.244 e. The van der Waals surface area contributed by atoms with Gasteiger partial charge in [0.05, 0.1) is 11.6 Å². The molecule has 0 atom stereocenters. The number of aromatic nitrogens is 4. The third-order valence-corrected chi connectivity index (χ3v) is 3.45. The summed E-state index contributed by atoms with van der Waals surface area (Å²) < 4.78 is 3.43. The first kappa shape index (κ1) is 14.6. The summed E-state index contributed by atoms with van der Waals surface area (Å²) in [6, 6.07) is 1.87. The highest BCUT2D eigenvalue weighted by atomic mass is 35.5. The molecular formula is C13H18ClN5O. The Morgan fingerprint density at radius 2 is 2.25 bits per heavy atom. The van der Waals surface area contributed by atoms with Crippen molar-refractivity contribution in [2.45, 2.75) is 33.5 Å². The van der Waals surface area contributed by atoms with Crippen LogP contribution in [0.4, 0.5) is 0 Å². The van der Waals surface area contributed by atoms with Crippen molar-refractivity contribution in [1.29, 1.82) is 0 Å². The molecule has 0 saturated heterocycles. The molecule has 0 unspecified atom stereocenters. The second-order valence-electron chi connectivity index (χ2n) is 4.66. The number of carbonyl (C=O) groups excluding carboxylic acids is 1. The van der Waals surface area contributed by atoms with Gasteiger partial charge in [0.2, 0.25) is 5.91 Å². The first-order chi connectivity index (χ1) is 9.51. The first-order valence-corrected chi connectivity index (χ1v) is 6.83. The molecule has 20 heavy (non-hydrogen) atoms. The first-order valence-electron chi connectivity index (χ1n) is 6.45. The van der Waals surface area contributed by atoms with Crippen molar-refractivity contribution >= 4 is 17.5 Å². The number of amides is 1. The van der Waals surface area contributed by atoms with Crippen molar-refractivity contribution in [3.05, 3.63) is 34.9 Å². The number of aryl methyl sites for hydroxylation is 2. The van der Waals surface area contributed by atoms with Crippen LogP contribution in [0.5, 0.6) is 0 Å². The van der Waals surface area contributed by atoms with Crippen molar-refractivity contribution in [3.63, 3.8) is 0 Å². The number of carbonyl (C=O) groups is 1. The Balaban J connectivity index is 2.00. The molecule has 108 valence electrons. The number of likely N-dealkylation sites (N-methyl/N-ethyl adjacent to an activating group) is 1. The van der Waals surface area contributed by atoms with Gasteiger partial charge in [-0.3, -0.25) is 14.2 Å². The Morgan fingerprint density at radius 1 is 1.50 bits per heavy atom. The average molecular weight is 296 g/mol. The van der Waals surface area contributed by atoms with Crippen LogP contribution in [-0.2, 0) is 24.4 Å². The predicted molar refractivity (Wildman–Crippen MR) is 76.3 cm³/mol. The third-order valence-electron chi connectivity index (χ3n) is 3.14. The van der Waals surface area contributed by atoms with Crippen LogP contribution in [-0.4, -0.2) is 37.4 Å². The van der Waals surface area contributed by atoms with Crippen LogP contribution in [0.25, 0.3) is 0 Å². The van der Waals surface area contributed by atoms with E-state index in [-0.39, 0.29) is 12.5 Å². The maximum absolute atomic E-state index is 12.1. The molecule has 2 rings (SSSR count). The van der Waals surface area contributed by atoms with E-state index in [4.69, 9.17) is 11.6 Å². The Bertz CT molecular complexity index is 604. The van der Waals surface area contributed by atoms with Crippen molar-refractivity contribution < 1.29 is 4.79 Å². The minimum Gasteiger partial charge on any atom is -0.338 e. The zero-order chi connectivity index (χ0) is 14.7. The molecule has 6 nitrogen and oxygen atoms in total. The van der Waals surface area contributed by atoms with E-state index in [1.165, 1.54) is 0 Å². The molecule has 0 spiro atoms. The fourth-order valence-corrected chi connectivity index (χ4v) is 2.04. The molecule has 1 amide bonds. The van der Waals surface area contributed by atoms with Gasteiger partial charge in [-0.15, -0.1) is 0 Å². The van der Waals surface area contributed by atoms with Crippen molar-refractivity contribution in [3.8, 4) is 0 Å². The van der Waals surface area contributed by atoms with E-state index in [2.05, 4.69) is 10.2 Å². The van der Waals surface area contributed by atoms with Crippen LogP contribution >= 0.6 is 11.6 Å². The van der Waals surface area contributed by atoms with E-state index in [9.17, 15) is 4.79 Å². The molecule has 7 heteroatoms. The summed E-state index contributed by atoms with van der Waals surface area (Å²) in [5, 5.41) is 9.02. The largest absolute Gasteiger partial charge is 0.338 e. The lowest BCUT2D eigenvalue weighted by Crippen LogP contribution is -2.30. The van der Waals surface area contributed by atoms with Crippen molar-refractivity contribution in [1.82, 2.24) is 24.5 Å². The highest BCUT2D eigenvalue weighted by Gasteiger charge is 2.15.